The van der Waals surface area contributed by atoms with Gasteiger partial charge in [0.05, 0.1) is 6.61 Å². The van der Waals surface area contributed by atoms with Crippen molar-refractivity contribution in [2.24, 2.45) is 0 Å². The molecule has 2 rings (SSSR count). The smallest absolute Gasteiger partial charge is 0.323 e. The summed E-state index contributed by atoms with van der Waals surface area (Å²) in [6.07, 6.45) is 2.96. The SMILES string of the molecule is CCOC(=O)[C@H]1CC(C)=CCN1C(C)c1ccccc1. The highest BCUT2D eigenvalue weighted by Crippen LogP contribution is 2.28. The molecule has 0 N–H and O–H groups in total. The van der Waals surface area contributed by atoms with E-state index >= 15 is 0 Å². The molecule has 0 radical (unpaired) electrons. The van der Waals surface area contributed by atoms with E-state index in [4.69, 9.17) is 4.74 Å². The Kier molecular flexibility index (Phi) is 4.96. The minimum absolute atomic E-state index is 0.109. The van der Waals surface area contributed by atoms with Crippen molar-refractivity contribution in [3.63, 3.8) is 0 Å². The van der Waals surface area contributed by atoms with Crippen LogP contribution in [-0.2, 0) is 9.53 Å². The van der Waals surface area contributed by atoms with Gasteiger partial charge in [-0.25, -0.2) is 0 Å². The number of nitrogens with zero attached hydrogens (tertiary/aromatic N) is 1. The standard InChI is InChI=1S/C17H23NO2/c1-4-20-17(19)16-12-13(2)10-11-18(16)14(3)15-8-6-5-7-9-15/h5-10,14,16H,4,11-12H2,1-3H3/t14?,16-/m1/s1. The van der Waals surface area contributed by atoms with E-state index in [0.717, 1.165) is 13.0 Å². The number of benzene rings is 1. The van der Waals surface area contributed by atoms with Gasteiger partial charge in [-0.1, -0.05) is 42.0 Å². The average Bonchev–Trinajstić information content (AvgIpc) is 2.47. The third-order valence-electron chi connectivity index (χ3n) is 3.90. The first-order valence-corrected chi connectivity index (χ1v) is 7.26. The van der Waals surface area contributed by atoms with Crippen LogP contribution in [0.2, 0.25) is 0 Å². The summed E-state index contributed by atoms with van der Waals surface area (Å²) in [6.45, 7) is 7.32. The predicted octanol–water partition coefficient (Wildman–Crippen LogP) is 3.33. The van der Waals surface area contributed by atoms with Gasteiger partial charge in [0.2, 0.25) is 0 Å². The fraction of sp³-hybridized carbons (Fsp3) is 0.471. The van der Waals surface area contributed by atoms with Crippen LogP contribution in [0.3, 0.4) is 0 Å². The van der Waals surface area contributed by atoms with Crippen LogP contribution in [0.1, 0.15) is 38.8 Å². The highest BCUT2D eigenvalue weighted by atomic mass is 16.5. The summed E-state index contributed by atoms with van der Waals surface area (Å²) in [5, 5.41) is 0. The van der Waals surface area contributed by atoms with Crippen molar-refractivity contribution in [1.82, 2.24) is 4.90 Å². The average molecular weight is 273 g/mol. The van der Waals surface area contributed by atoms with Crippen LogP contribution in [0.4, 0.5) is 0 Å². The van der Waals surface area contributed by atoms with Crippen molar-refractivity contribution in [1.29, 1.82) is 0 Å². The van der Waals surface area contributed by atoms with Crippen molar-refractivity contribution in [3.05, 3.63) is 47.5 Å². The summed E-state index contributed by atoms with van der Waals surface area (Å²) < 4.78 is 5.24. The van der Waals surface area contributed by atoms with Crippen LogP contribution < -0.4 is 0 Å². The van der Waals surface area contributed by atoms with Crippen LogP contribution >= 0.6 is 0 Å². The summed E-state index contributed by atoms with van der Waals surface area (Å²) in [4.78, 5) is 14.4. The normalized spacial score (nSPS) is 21.1. The molecule has 0 amide bonds. The third-order valence-corrected chi connectivity index (χ3v) is 3.90. The van der Waals surface area contributed by atoms with Gasteiger partial charge < -0.3 is 4.74 Å². The van der Waals surface area contributed by atoms with Gasteiger partial charge in [0, 0.05) is 12.6 Å². The zero-order valence-electron chi connectivity index (χ0n) is 12.5. The Labute approximate surface area is 121 Å². The molecule has 0 saturated carbocycles. The van der Waals surface area contributed by atoms with Crippen molar-refractivity contribution in [2.45, 2.75) is 39.3 Å². The minimum Gasteiger partial charge on any atom is -0.465 e. The monoisotopic (exact) mass is 273 g/mol. The number of carbonyl (C=O) groups excluding carboxylic acids is 1. The van der Waals surface area contributed by atoms with Crippen molar-refractivity contribution < 1.29 is 9.53 Å². The Morgan fingerprint density at radius 2 is 2.10 bits per heavy atom. The highest BCUT2D eigenvalue weighted by Gasteiger charge is 2.33. The fourth-order valence-electron chi connectivity index (χ4n) is 2.70. The summed E-state index contributed by atoms with van der Waals surface area (Å²) >= 11 is 0. The lowest BCUT2D eigenvalue weighted by atomic mass is 9.97. The van der Waals surface area contributed by atoms with E-state index < -0.39 is 0 Å². The van der Waals surface area contributed by atoms with Crippen molar-refractivity contribution >= 4 is 5.97 Å². The predicted molar refractivity (Wildman–Crippen MR) is 80.4 cm³/mol. The second kappa shape index (κ2) is 6.71. The molecule has 1 aliphatic heterocycles. The van der Waals surface area contributed by atoms with Gasteiger partial charge in [0.25, 0.3) is 0 Å². The number of ether oxygens (including phenoxy) is 1. The third kappa shape index (κ3) is 3.28. The number of rotatable bonds is 4. The first kappa shape index (κ1) is 14.8. The van der Waals surface area contributed by atoms with Gasteiger partial charge in [-0.15, -0.1) is 0 Å². The molecule has 3 nitrogen and oxygen atoms in total. The highest BCUT2D eigenvalue weighted by molar-refractivity contribution is 5.76. The molecule has 1 aliphatic rings. The van der Waals surface area contributed by atoms with Crippen molar-refractivity contribution in [2.75, 3.05) is 13.2 Å². The van der Waals surface area contributed by atoms with Gasteiger partial charge in [-0.3, -0.25) is 9.69 Å². The summed E-state index contributed by atoms with van der Waals surface area (Å²) in [6, 6.07) is 10.3. The molecule has 0 spiro atoms. The molecule has 20 heavy (non-hydrogen) atoms. The van der Waals surface area contributed by atoms with Crippen LogP contribution in [0.5, 0.6) is 0 Å². The maximum Gasteiger partial charge on any atom is 0.323 e. The molecule has 0 saturated heterocycles. The number of carbonyl (C=O) groups is 1. The zero-order chi connectivity index (χ0) is 14.5. The summed E-state index contributed by atoms with van der Waals surface area (Å²) in [5.41, 5.74) is 2.49. The molecule has 1 aromatic rings. The first-order chi connectivity index (χ1) is 9.63. The van der Waals surface area contributed by atoms with E-state index in [0.29, 0.717) is 6.61 Å². The molecule has 1 aromatic carbocycles. The zero-order valence-corrected chi connectivity index (χ0v) is 12.5. The second-order valence-electron chi connectivity index (χ2n) is 5.31. The molecular formula is C17H23NO2. The largest absolute Gasteiger partial charge is 0.465 e. The van der Waals surface area contributed by atoms with E-state index in [-0.39, 0.29) is 18.1 Å². The lowest BCUT2D eigenvalue weighted by molar-refractivity contribution is -0.150. The Balaban J connectivity index is 2.20. The Hall–Kier alpha value is -1.61. The lowest BCUT2D eigenvalue weighted by Gasteiger charge is -2.37. The van der Waals surface area contributed by atoms with Crippen LogP contribution in [0.15, 0.2) is 42.0 Å². The van der Waals surface area contributed by atoms with E-state index in [1.165, 1.54) is 11.1 Å². The van der Waals surface area contributed by atoms with Gasteiger partial charge in [-0.2, -0.15) is 0 Å². The summed E-state index contributed by atoms with van der Waals surface area (Å²) in [7, 11) is 0. The molecule has 108 valence electrons. The Bertz CT molecular complexity index is 481. The maximum absolute atomic E-state index is 12.2. The quantitative estimate of drug-likeness (QED) is 0.622. The van der Waals surface area contributed by atoms with Crippen LogP contribution in [-0.4, -0.2) is 30.1 Å². The Morgan fingerprint density at radius 3 is 2.75 bits per heavy atom. The maximum atomic E-state index is 12.2. The van der Waals surface area contributed by atoms with Crippen molar-refractivity contribution in [3.8, 4) is 0 Å². The number of hydrogen-bond acceptors (Lipinski definition) is 3. The molecule has 1 heterocycles. The van der Waals surface area contributed by atoms with Gasteiger partial charge >= 0.3 is 5.97 Å². The minimum atomic E-state index is -0.171. The second-order valence-corrected chi connectivity index (χ2v) is 5.31. The molecule has 0 aromatic heterocycles. The fourth-order valence-corrected chi connectivity index (χ4v) is 2.70. The van der Waals surface area contributed by atoms with E-state index in [1.807, 2.05) is 25.1 Å². The molecule has 0 fully saturated rings. The lowest BCUT2D eigenvalue weighted by Crippen LogP contribution is -2.45. The first-order valence-electron chi connectivity index (χ1n) is 7.26. The van der Waals surface area contributed by atoms with Crippen LogP contribution in [0, 0.1) is 0 Å². The van der Waals surface area contributed by atoms with E-state index in [2.05, 4.69) is 37.0 Å². The van der Waals surface area contributed by atoms with Gasteiger partial charge in [-0.05, 0) is 32.8 Å². The van der Waals surface area contributed by atoms with E-state index in [9.17, 15) is 4.79 Å². The topological polar surface area (TPSA) is 29.5 Å². The van der Waals surface area contributed by atoms with Gasteiger partial charge in [0.15, 0.2) is 0 Å². The molecular weight excluding hydrogens is 250 g/mol. The summed E-state index contributed by atoms with van der Waals surface area (Å²) in [5.74, 6) is -0.109. The van der Waals surface area contributed by atoms with Crippen LogP contribution in [0.25, 0.3) is 0 Å². The van der Waals surface area contributed by atoms with E-state index in [1.54, 1.807) is 0 Å². The molecule has 2 atom stereocenters. The number of hydrogen-bond donors (Lipinski definition) is 0. The molecule has 0 bridgehead atoms. The van der Waals surface area contributed by atoms with Gasteiger partial charge in [0.1, 0.15) is 6.04 Å². The Morgan fingerprint density at radius 1 is 1.40 bits per heavy atom. The molecule has 3 heteroatoms. The number of esters is 1. The molecule has 0 aliphatic carbocycles. The molecule has 1 unspecified atom stereocenters.